The van der Waals surface area contributed by atoms with E-state index in [2.05, 4.69) is 21.2 Å². The van der Waals surface area contributed by atoms with Crippen molar-refractivity contribution in [3.05, 3.63) is 29.8 Å². The zero-order valence-corrected chi connectivity index (χ0v) is 12.1. The Morgan fingerprint density at radius 1 is 1.50 bits per heavy atom. The van der Waals surface area contributed by atoms with Gasteiger partial charge in [-0.15, -0.1) is 0 Å². The van der Waals surface area contributed by atoms with Crippen molar-refractivity contribution in [1.82, 2.24) is 0 Å². The van der Waals surface area contributed by atoms with E-state index in [0.717, 1.165) is 35.8 Å². The molecule has 0 radical (unpaired) electrons. The average Bonchev–Trinajstić information content (AvgIpc) is 2.34. The van der Waals surface area contributed by atoms with Crippen LogP contribution in [0.4, 0.5) is 5.69 Å². The van der Waals surface area contributed by atoms with Gasteiger partial charge in [0.05, 0.1) is 12.0 Å². The first-order chi connectivity index (χ1) is 8.67. The molecular weight excluding hydrogens is 294 g/mol. The Morgan fingerprint density at radius 3 is 2.83 bits per heavy atom. The van der Waals surface area contributed by atoms with Gasteiger partial charge in [0.25, 0.3) is 0 Å². The monoisotopic (exact) mass is 311 g/mol. The number of carbonyl (C=O) groups is 1. The SMILES string of the molecule is COC1(CC(=O)Nc2cccc(CBr)c2)CCC1. The lowest BCUT2D eigenvalue weighted by Crippen LogP contribution is -2.42. The van der Waals surface area contributed by atoms with Gasteiger partial charge in [0.15, 0.2) is 0 Å². The molecule has 1 fully saturated rings. The van der Waals surface area contributed by atoms with E-state index < -0.39 is 0 Å². The first-order valence-corrected chi connectivity index (χ1v) is 7.29. The minimum absolute atomic E-state index is 0.0308. The van der Waals surface area contributed by atoms with Crippen molar-refractivity contribution >= 4 is 27.5 Å². The molecule has 1 aromatic rings. The van der Waals surface area contributed by atoms with E-state index in [1.54, 1.807) is 7.11 Å². The van der Waals surface area contributed by atoms with Crippen LogP contribution in [0.25, 0.3) is 0 Å². The Morgan fingerprint density at radius 2 is 2.28 bits per heavy atom. The quantitative estimate of drug-likeness (QED) is 0.845. The third-order valence-corrected chi connectivity index (χ3v) is 4.19. The second-order valence-electron chi connectivity index (χ2n) is 4.80. The zero-order valence-electron chi connectivity index (χ0n) is 10.5. The van der Waals surface area contributed by atoms with Gasteiger partial charge in [0.2, 0.25) is 5.91 Å². The van der Waals surface area contributed by atoms with Crippen molar-refractivity contribution in [2.75, 3.05) is 12.4 Å². The number of hydrogen-bond donors (Lipinski definition) is 1. The number of hydrogen-bond acceptors (Lipinski definition) is 2. The molecular formula is C14H18BrNO2. The Balaban J connectivity index is 1.94. The fourth-order valence-corrected chi connectivity index (χ4v) is 2.60. The molecule has 0 aromatic heterocycles. The van der Waals surface area contributed by atoms with Crippen molar-refractivity contribution in [3.63, 3.8) is 0 Å². The number of anilines is 1. The summed E-state index contributed by atoms with van der Waals surface area (Å²) < 4.78 is 5.46. The molecule has 4 heteroatoms. The van der Waals surface area contributed by atoms with Gasteiger partial charge >= 0.3 is 0 Å². The summed E-state index contributed by atoms with van der Waals surface area (Å²) in [6.07, 6.45) is 3.57. The van der Waals surface area contributed by atoms with Gasteiger partial charge in [0.1, 0.15) is 0 Å². The fourth-order valence-electron chi connectivity index (χ4n) is 2.25. The Kier molecular flexibility index (Phi) is 4.40. The summed E-state index contributed by atoms with van der Waals surface area (Å²) in [5.74, 6) is 0.0308. The second-order valence-corrected chi connectivity index (χ2v) is 5.36. The van der Waals surface area contributed by atoms with E-state index in [4.69, 9.17) is 4.74 Å². The van der Waals surface area contributed by atoms with Crippen LogP contribution >= 0.6 is 15.9 Å². The van der Waals surface area contributed by atoms with Crippen LogP contribution in [0.5, 0.6) is 0 Å². The van der Waals surface area contributed by atoms with E-state index in [9.17, 15) is 4.79 Å². The number of ether oxygens (including phenoxy) is 1. The molecule has 0 bridgehead atoms. The lowest BCUT2D eigenvalue weighted by Gasteiger charge is -2.39. The van der Waals surface area contributed by atoms with Crippen molar-refractivity contribution in [3.8, 4) is 0 Å². The van der Waals surface area contributed by atoms with Crippen LogP contribution in [0.3, 0.4) is 0 Å². The molecule has 2 rings (SSSR count). The van der Waals surface area contributed by atoms with Gasteiger partial charge in [-0.2, -0.15) is 0 Å². The van der Waals surface area contributed by atoms with Gasteiger partial charge in [0, 0.05) is 18.1 Å². The molecule has 98 valence electrons. The first-order valence-electron chi connectivity index (χ1n) is 6.17. The molecule has 0 saturated heterocycles. The first kappa shape index (κ1) is 13.6. The van der Waals surface area contributed by atoms with E-state index >= 15 is 0 Å². The van der Waals surface area contributed by atoms with Crippen molar-refractivity contribution in [2.45, 2.75) is 36.6 Å². The summed E-state index contributed by atoms with van der Waals surface area (Å²) in [5.41, 5.74) is 1.79. The highest BCUT2D eigenvalue weighted by molar-refractivity contribution is 9.08. The normalized spacial score (nSPS) is 17.0. The molecule has 0 spiro atoms. The van der Waals surface area contributed by atoms with Crippen LogP contribution in [0.2, 0.25) is 0 Å². The molecule has 0 heterocycles. The Bertz CT molecular complexity index is 424. The second kappa shape index (κ2) is 5.85. The van der Waals surface area contributed by atoms with Crippen LogP contribution < -0.4 is 5.32 Å². The molecule has 0 atom stereocenters. The molecule has 1 aliphatic carbocycles. The summed E-state index contributed by atoms with van der Waals surface area (Å²) >= 11 is 3.41. The largest absolute Gasteiger partial charge is 0.378 e. The third-order valence-electron chi connectivity index (χ3n) is 3.55. The maximum absolute atomic E-state index is 12.0. The van der Waals surface area contributed by atoms with Crippen LogP contribution in [0.1, 0.15) is 31.2 Å². The fraction of sp³-hybridized carbons (Fsp3) is 0.500. The minimum atomic E-state index is -0.211. The maximum atomic E-state index is 12.0. The molecule has 1 amide bonds. The predicted octanol–water partition coefficient (Wildman–Crippen LogP) is 3.48. The van der Waals surface area contributed by atoms with Crippen LogP contribution in [0.15, 0.2) is 24.3 Å². The Labute approximate surface area is 116 Å². The molecule has 0 unspecified atom stereocenters. The summed E-state index contributed by atoms with van der Waals surface area (Å²) in [5, 5.41) is 3.73. The molecule has 3 nitrogen and oxygen atoms in total. The van der Waals surface area contributed by atoms with Gasteiger partial charge in [-0.3, -0.25) is 4.79 Å². The maximum Gasteiger partial charge on any atom is 0.227 e. The summed E-state index contributed by atoms with van der Waals surface area (Å²) in [6, 6.07) is 7.85. The van der Waals surface area contributed by atoms with Crippen LogP contribution in [-0.4, -0.2) is 18.6 Å². The summed E-state index contributed by atoms with van der Waals surface area (Å²) in [6.45, 7) is 0. The number of rotatable bonds is 5. The summed E-state index contributed by atoms with van der Waals surface area (Å²) in [4.78, 5) is 12.0. The molecule has 1 aliphatic rings. The third kappa shape index (κ3) is 3.12. The number of halogens is 1. The van der Waals surface area contributed by atoms with E-state index in [0.29, 0.717) is 6.42 Å². The number of methoxy groups -OCH3 is 1. The lowest BCUT2D eigenvalue weighted by atomic mass is 9.77. The number of carbonyl (C=O) groups excluding carboxylic acids is 1. The zero-order chi connectivity index (χ0) is 13.0. The molecule has 1 saturated carbocycles. The smallest absolute Gasteiger partial charge is 0.227 e. The molecule has 0 aliphatic heterocycles. The predicted molar refractivity (Wildman–Crippen MR) is 75.9 cm³/mol. The molecule has 1 N–H and O–H groups in total. The molecule has 18 heavy (non-hydrogen) atoms. The van der Waals surface area contributed by atoms with Crippen LogP contribution in [-0.2, 0) is 14.9 Å². The van der Waals surface area contributed by atoms with Gasteiger partial charge in [-0.25, -0.2) is 0 Å². The lowest BCUT2D eigenvalue weighted by molar-refractivity contribution is -0.129. The van der Waals surface area contributed by atoms with Crippen molar-refractivity contribution < 1.29 is 9.53 Å². The van der Waals surface area contributed by atoms with Gasteiger partial charge < -0.3 is 10.1 Å². The topological polar surface area (TPSA) is 38.3 Å². The number of benzene rings is 1. The minimum Gasteiger partial charge on any atom is -0.378 e. The van der Waals surface area contributed by atoms with E-state index in [-0.39, 0.29) is 11.5 Å². The van der Waals surface area contributed by atoms with Crippen LogP contribution in [0, 0.1) is 0 Å². The average molecular weight is 312 g/mol. The highest BCUT2D eigenvalue weighted by Gasteiger charge is 2.38. The van der Waals surface area contributed by atoms with Crippen molar-refractivity contribution in [1.29, 1.82) is 0 Å². The highest BCUT2D eigenvalue weighted by atomic mass is 79.9. The van der Waals surface area contributed by atoms with Gasteiger partial charge in [-0.1, -0.05) is 28.1 Å². The van der Waals surface area contributed by atoms with Gasteiger partial charge in [-0.05, 0) is 37.0 Å². The number of amides is 1. The number of nitrogens with one attached hydrogen (secondary N) is 1. The van der Waals surface area contributed by atoms with Crippen molar-refractivity contribution in [2.24, 2.45) is 0 Å². The highest BCUT2D eigenvalue weighted by Crippen LogP contribution is 2.38. The summed E-state index contributed by atoms with van der Waals surface area (Å²) in [7, 11) is 1.69. The molecule has 1 aromatic carbocycles. The Hall–Kier alpha value is -0.870. The number of alkyl halides is 1. The van der Waals surface area contributed by atoms with E-state index in [1.165, 1.54) is 0 Å². The standard InChI is InChI=1S/C14H18BrNO2/c1-18-14(6-3-7-14)9-13(17)16-12-5-2-4-11(8-12)10-15/h2,4-5,8H,3,6-7,9-10H2,1H3,(H,16,17). The van der Waals surface area contributed by atoms with E-state index in [1.807, 2.05) is 24.3 Å².